The Labute approximate surface area is 76.5 Å². The van der Waals surface area contributed by atoms with Gasteiger partial charge in [-0.25, -0.2) is 4.39 Å². The maximum atomic E-state index is 12.6. The van der Waals surface area contributed by atoms with Crippen LogP contribution in [0.1, 0.15) is 18.0 Å². The van der Waals surface area contributed by atoms with Gasteiger partial charge in [0.15, 0.2) is 0 Å². The zero-order chi connectivity index (χ0) is 9.84. The van der Waals surface area contributed by atoms with Crippen LogP contribution < -0.4 is 5.73 Å². The smallest absolute Gasteiger partial charge is 0.126 e. The standard InChI is InChI=1S/C10H12FNO/c1-2-3-9(12)8-5-4-7(11)6-10(8)13/h2,4-6,9,13H,1,3,12H2/t9-/m1/s1. The third-order valence-electron chi connectivity index (χ3n) is 1.81. The molecule has 0 spiro atoms. The minimum atomic E-state index is -0.466. The normalized spacial score (nSPS) is 12.5. The van der Waals surface area contributed by atoms with E-state index in [1.807, 2.05) is 0 Å². The van der Waals surface area contributed by atoms with E-state index < -0.39 is 5.82 Å². The van der Waals surface area contributed by atoms with Gasteiger partial charge in [0.25, 0.3) is 0 Å². The second kappa shape index (κ2) is 4.05. The molecule has 0 saturated heterocycles. The van der Waals surface area contributed by atoms with Crippen LogP contribution in [0.4, 0.5) is 4.39 Å². The van der Waals surface area contributed by atoms with E-state index in [2.05, 4.69) is 6.58 Å². The molecule has 3 N–H and O–H groups in total. The summed E-state index contributed by atoms with van der Waals surface area (Å²) in [7, 11) is 0. The molecule has 0 bridgehead atoms. The Morgan fingerprint density at radius 3 is 2.85 bits per heavy atom. The molecule has 0 aliphatic carbocycles. The first-order valence-corrected chi connectivity index (χ1v) is 4.00. The van der Waals surface area contributed by atoms with Crippen molar-refractivity contribution < 1.29 is 9.50 Å². The van der Waals surface area contributed by atoms with Gasteiger partial charge in [0, 0.05) is 17.7 Å². The average molecular weight is 181 g/mol. The highest BCUT2D eigenvalue weighted by Gasteiger charge is 2.09. The number of phenolic OH excluding ortho intramolecular Hbond substituents is 1. The fraction of sp³-hybridized carbons (Fsp3) is 0.200. The number of rotatable bonds is 3. The maximum Gasteiger partial charge on any atom is 0.126 e. The third-order valence-corrected chi connectivity index (χ3v) is 1.81. The molecule has 2 nitrogen and oxygen atoms in total. The first-order valence-electron chi connectivity index (χ1n) is 4.00. The maximum absolute atomic E-state index is 12.6. The minimum absolute atomic E-state index is 0.102. The zero-order valence-corrected chi connectivity index (χ0v) is 7.20. The average Bonchev–Trinajstić information content (AvgIpc) is 2.04. The molecule has 1 aromatic rings. The predicted molar refractivity (Wildman–Crippen MR) is 49.8 cm³/mol. The molecule has 13 heavy (non-hydrogen) atoms. The Morgan fingerprint density at radius 1 is 1.62 bits per heavy atom. The quantitative estimate of drug-likeness (QED) is 0.701. The largest absolute Gasteiger partial charge is 0.508 e. The van der Waals surface area contributed by atoms with E-state index in [0.717, 1.165) is 6.07 Å². The van der Waals surface area contributed by atoms with E-state index in [-0.39, 0.29) is 11.8 Å². The first kappa shape index (κ1) is 9.74. The highest BCUT2D eigenvalue weighted by Crippen LogP contribution is 2.25. The van der Waals surface area contributed by atoms with Crippen molar-refractivity contribution in [1.82, 2.24) is 0 Å². The number of nitrogens with two attached hydrogens (primary N) is 1. The van der Waals surface area contributed by atoms with Gasteiger partial charge >= 0.3 is 0 Å². The van der Waals surface area contributed by atoms with Crippen LogP contribution in [-0.4, -0.2) is 5.11 Å². The van der Waals surface area contributed by atoms with Gasteiger partial charge in [-0.15, -0.1) is 6.58 Å². The molecule has 0 fully saturated rings. The molecule has 1 rings (SSSR count). The molecule has 0 heterocycles. The van der Waals surface area contributed by atoms with Crippen LogP contribution in [0.5, 0.6) is 5.75 Å². The summed E-state index contributed by atoms with van der Waals surface area (Å²) in [6, 6.07) is 3.49. The summed E-state index contributed by atoms with van der Waals surface area (Å²) >= 11 is 0. The highest BCUT2D eigenvalue weighted by molar-refractivity contribution is 5.35. The van der Waals surface area contributed by atoms with Crippen LogP contribution in [0.25, 0.3) is 0 Å². The number of hydrogen-bond acceptors (Lipinski definition) is 2. The highest BCUT2D eigenvalue weighted by atomic mass is 19.1. The van der Waals surface area contributed by atoms with Gasteiger partial charge < -0.3 is 10.8 Å². The molecule has 0 aliphatic rings. The topological polar surface area (TPSA) is 46.2 Å². The molecule has 0 aliphatic heterocycles. The first-order chi connectivity index (χ1) is 6.15. The van der Waals surface area contributed by atoms with Crippen molar-refractivity contribution in [2.75, 3.05) is 0 Å². The molecular formula is C10H12FNO. The summed E-state index contributed by atoms with van der Waals surface area (Å²) in [5.74, 6) is -0.568. The van der Waals surface area contributed by atoms with Gasteiger partial charge in [0.1, 0.15) is 11.6 Å². The summed E-state index contributed by atoms with van der Waals surface area (Å²) in [5, 5.41) is 9.33. The Kier molecular flexibility index (Phi) is 3.03. The number of phenols is 1. The van der Waals surface area contributed by atoms with Crippen LogP contribution >= 0.6 is 0 Å². The van der Waals surface area contributed by atoms with Crippen molar-refractivity contribution in [1.29, 1.82) is 0 Å². The summed E-state index contributed by atoms with van der Waals surface area (Å²) in [4.78, 5) is 0. The fourth-order valence-electron chi connectivity index (χ4n) is 1.14. The van der Waals surface area contributed by atoms with E-state index in [1.54, 1.807) is 6.08 Å². The second-order valence-electron chi connectivity index (χ2n) is 2.83. The van der Waals surface area contributed by atoms with Crippen molar-refractivity contribution in [2.24, 2.45) is 5.73 Å². The molecule has 70 valence electrons. The molecule has 0 amide bonds. The van der Waals surface area contributed by atoms with Crippen LogP contribution in [0.3, 0.4) is 0 Å². The Hall–Kier alpha value is -1.35. The summed E-state index contributed by atoms with van der Waals surface area (Å²) in [6.07, 6.45) is 2.21. The van der Waals surface area contributed by atoms with Gasteiger partial charge in [0.2, 0.25) is 0 Å². The van der Waals surface area contributed by atoms with Gasteiger partial charge in [-0.2, -0.15) is 0 Å². The molecule has 0 radical (unpaired) electrons. The lowest BCUT2D eigenvalue weighted by atomic mass is 10.0. The van der Waals surface area contributed by atoms with Gasteiger partial charge in [0.05, 0.1) is 0 Å². The lowest BCUT2D eigenvalue weighted by Gasteiger charge is -2.10. The lowest BCUT2D eigenvalue weighted by Crippen LogP contribution is -2.09. The number of halogens is 1. The van der Waals surface area contributed by atoms with Gasteiger partial charge in [-0.05, 0) is 12.5 Å². The molecule has 3 heteroatoms. The molecule has 0 saturated carbocycles. The van der Waals surface area contributed by atoms with E-state index >= 15 is 0 Å². The number of hydrogen-bond donors (Lipinski definition) is 2. The van der Waals surface area contributed by atoms with Crippen LogP contribution in [0, 0.1) is 5.82 Å². The summed E-state index contributed by atoms with van der Waals surface area (Å²) in [5.41, 5.74) is 6.25. The Morgan fingerprint density at radius 2 is 2.31 bits per heavy atom. The van der Waals surface area contributed by atoms with Crippen molar-refractivity contribution in [2.45, 2.75) is 12.5 Å². The van der Waals surface area contributed by atoms with Crippen molar-refractivity contribution in [3.05, 3.63) is 42.2 Å². The lowest BCUT2D eigenvalue weighted by molar-refractivity contribution is 0.455. The van der Waals surface area contributed by atoms with Crippen LogP contribution in [0.2, 0.25) is 0 Å². The SMILES string of the molecule is C=CC[C@@H](N)c1ccc(F)cc1O. The molecular weight excluding hydrogens is 169 g/mol. The van der Waals surface area contributed by atoms with Gasteiger partial charge in [-0.3, -0.25) is 0 Å². The zero-order valence-electron chi connectivity index (χ0n) is 7.20. The summed E-state index contributed by atoms with van der Waals surface area (Å²) < 4.78 is 12.6. The van der Waals surface area contributed by atoms with Crippen molar-refractivity contribution in [3.8, 4) is 5.75 Å². The fourth-order valence-corrected chi connectivity index (χ4v) is 1.14. The van der Waals surface area contributed by atoms with Crippen LogP contribution in [-0.2, 0) is 0 Å². The molecule has 0 aromatic heterocycles. The molecule has 1 atom stereocenters. The van der Waals surface area contributed by atoms with E-state index in [1.165, 1.54) is 12.1 Å². The Bertz CT molecular complexity index is 312. The monoisotopic (exact) mass is 181 g/mol. The Balaban J connectivity index is 2.94. The predicted octanol–water partition coefficient (Wildman–Crippen LogP) is 2.11. The van der Waals surface area contributed by atoms with E-state index in [9.17, 15) is 9.50 Å². The number of aromatic hydroxyl groups is 1. The van der Waals surface area contributed by atoms with Crippen molar-refractivity contribution >= 4 is 0 Å². The van der Waals surface area contributed by atoms with Crippen molar-refractivity contribution in [3.63, 3.8) is 0 Å². The molecule has 0 unspecified atom stereocenters. The molecule has 1 aromatic carbocycles. The van der Waals surface area contributed by atoms with E-state index in [0.29, 0.717) is 12.0 Å². The van der Waals surface area contributed by atoms with E-state index in [4.69, 9.17) is 5.73 Å². The number of benzene rings is 1. The summed E-state index contributed by atoms with van der Waals surface area (Å²) in [6.45, 7) is 3.54. The minimum Gasteiger partial charge on any atom is -0.508 e. The third kappa shape index (κ3) is 2.29. The van der Waals surface area contributed by atoms with Crippen LogP contribution in [0.15, 0.2) is 30.9 Å². The van der Waals surface area contributed by atoms with Gasteiger partial charge in [-0.1, -0.05) is 12.1 Å². The second-order valence-corrected chi connectivity index (χ2v) is 2.83.